The number of benzene rings is 2. The Morgan fingerprint density at radius 3 is 2.49 bits per heavy atom. The van der Waals surface area contributed by atoms with E-state index in [1.165, 1.54) is 37.4 Å². The molecule has 1 saturated carbocycles. The van der Waals surface area contributed by atoms with Gasteiger partial charge in [-0.3, -0.25) is 24.0 Å². The Bertz CT molecular complexity index is 1760. The molecule has 7 nitrogen and oxygen atoms in total. The predicted molar refractivity (Wildman–Crippen MR) is 152 cm³/mol. The van der Waals surface area contributed by atoms with Crippen LogP contribution in [0.15, 0.2) is 54.7 Å². The highest BCUT2D eigenvalue weighted by atomic mass is 19.1. The van der Waals surface area contributed by atoms with Gasteiger partial charge in [0.25, 0.3) is 5.91 Å². The lowest BCUT2D eigenvalue weighted by Crippen LogP contribution is -2.19. The smallest absolute Gasteiger partial charge is 0.251 e. The summed E-state index contributed by atoms with van der Waals surface area (Å²) in [6.07, 6.45) is 4.52. The molecule has 0 radical (unpaired) electrons. The van der Waals surface area contributed by atoms with Crippen molar-refractivity contribution in [1.82, 2.24) is 14.8 Å². The van der Waals surface area contributed by atoms with Crippen LogP contribution < -0.4 is 5.73 Å². The van der Waals surface area contributed by atoms with Crippen molar-refractivity contribution in [3.05, 3.63) is 106 Å². The molecule has 3 atom stereocenters. The first-order valence-corrected chi connectivity index (χ1v) is 14.2. The Morgan fingerprint density at radius 2 is 1.77 bits per heavy atom. The summed E-state index contributed by atoms with van der Waals surface area (Å²) in [4.78, 5) is 42.5. The molecular weight excluding hydrogens is 557 g/mol. The summed E-state index contributed by atoms with van der Waals surface area (Å²) in [5.74, 6) is -3.61. The largest absolute Gasteiger partial charge is 0.366 e. The fourth-order valence-corrected chi connectivity index (χ4v) is 6.85. The molecule has 2 aliphatic rings. The van der Waals surface area contributed by atoms with E-state index >= 15 is 0 Å². The average molecular weight is 587 g/mol. The first-order valence-electron chi connectivity index (χ1n) is 14.2. The molecule has 6 rings (SSSR count). The molecule has 0 saturated heterocycles. The molecular formula is C33H29F3N4O3. The summed E-state index contributed by atoms with van der Waals surface area (Å²) in [5, 5.41) is 4.55. The Labute approximate surface area is 245 Å². The number of hydrogen-bond acceptors (Lipinski definition) is 5. The first kappa shape index (κ1) is 28.5. The third-order valence-corrected chi connectivity index (χ3v) is 8.56. The Morgan fingerprint density at radius 1 is 1.02 bits per heavy atom. The lowest BCUT2D eigenvalue weighted by molar-refractivity contribution is -0.120. The normalized spacial score (nSPS) is 17.6. The number of hydrogen-bond donors (Lipinski definition) is 1. The SMILES string of the molecule is CC(=O)c1nn(CC(=O)C[C@@H](Cc2cc(F)cc(F)c2)c2ncccc2-c2ccc(F)c(C(N)=O)c2)c2c1C1CCC2C1. The lowest BCUT2D eigenvalue weighted by Gasteiger charge is -2.20. The standard InChI is InChI=1S/C33H29F3N4O3/c1-17(41)30-29-20-4-5-21(12-20)32(29)40(39-30)16-25(42)13-22(9-18-10-23(34)15-24(35)11-18)31-26(3-2-8-38-31)19-6-7-28(36)27(14-19)33(37)43/h2-3,6-8,10-11,14-15,20-22H,4-5,9,12-13,16H2,1H3,(H2,37,43)/t20?,21?,22-/m1/s1. The molecule has 43 heavy (non-hydrogen) atoms. The van der Waals surface area contributed by atoms with Crippen molar-refractivity contribution in [3.8, 4) is 11.1 Å². The molecule has 0 aliphatic heterocycles. The summed E-state index contributed by atoms with van der Waals surface area (Å²) in [6.45, 7) is 1.42. The topological polar surface area (TPSA) is 108 Å². The van der Waals surface area contributed by atoms with E-state index in [0.29, 0.717) is 28.1 Å². The number of ketones is 2. The van der Waals surface area contributed by atoms with Crippen LogP contribution in [-0.2, 0) is 17.8 Å². The average Bonchev–Trinajstić information content (AvgIpc) is 3.66. The number of halogens is 3. The van der Waals surface area contributed by atoms with Crippen LogP contribution in [-0.4, -0.2) is 32.2 Å². The molecule has 2 aromatic heterocycles. The van der Waals surface area contributed by atoms with Crippen LogP contribution in [0.5, 0.6) is 0 Å². The first-order chi connectivity index (χ1) is 20.6. The van der Waals surface area contributed by atoms with Gasteiger partial charge in [-0.05, 0) is 73.1 Å². The molecule has 10 heteroatoms. The number of nitrogens with two attached hydrogens (primary N) is 1. The van der Waals surface area contributed by atoms with E-state index in [1.54, 1.807) is 16.8 Å². The van der Waals surface area contributed by atoms with Gasteiger partial charge in [-0.1, -0.05) is 12.1 Å². The van der Waals surface area contributed by atoms with Gasteiger partial charge in [0.1, 0.15) is 23.1 Å². The quantitative estimate of drug-likeness (QED) is 0.229. The second-order valence-electron chi connectivity index (χ2n) is 11.5. The maximum atomic E-state index is 14.3. The number of rotatable bonds is 10. The van der Waals surface area contributed by atoms with Crippen LogP contribution in [0.4, 0.5) is 13.2 Å². The summed E-state index contributed by atoms with van der Waals surface area (Å²) in [5.41, 5.74) is 9.18. The molecule has 2 unspecified atom stereocenters. The molecule has 220 valence electrons. The van der Waals surface area contributed by atoms with Crippen LogP contribution in [0.25, 0.3) is 11.1 Å². The highest BCUT2D eigenvalue weighted by Gasteiger charge is 2.43. The Hall–Kier alpha value is -4.60. The van der Waals surface area contributed by atoms with Crippen LogP contribution in [0, 0.1) is 17.5 Å². The van der Waals surface area contributed by atoms with Gasteiger partial charge in [0.2, 0.25) is 0 Å². The number of carbonyl (C=O) groups excluding carboxylic acids is 3. The predicted octanol–water partition coefficient (Wildman–Crippen LogP) is 6.01. The number of Topliss-reactive ketones (excluding diaryl/α,β-unsaturated/α-hetero) is 2. The van der Waals surface area contributed by atoms with Gasteiger partial charge in [-0.25, -0.2) is 13.2 Å². The highest BCUT2D eigenvalue weighted by molar-refractivity contribution is 5.95. The van der Waals surface area contributed by atoms with E-state index < -0.39 is 29.3 Å². The van der Waals surface area contributed by atoms with Crippen LogP contribution >= 0.6 is 0 Å². The minimum atomic E-state index is -0.933. The zero-order valence-electron chi connectivity index (χ0n) is 23.4. The van der Waals surface area contributed by atoms with E-state index in [4.69, 9.17) is 5.73 Å². The van der Waals surface area contributed by atoms with E-state index in [0.717, 1.165) is 42.7 Å². The maximum absolute atomic E-state index is 14.3. The molecule has 0 spiro atoms. The molecule has 2 aliphatic carbocycles. The minimum Gasteiger partial charge on any atom is -0.366 e. The molecule has 2 heterocycles. The zero-order valence-corrected chi connectivity index (χ0v) is 23.4. The monoisotopic (exact) mass is 586 g/mol. The van der Waals surface area contributed by atoms with Gasteiger partial charge in [-0.2, -0.15) is 5.10 Å². The van der Waals surface area contributed by atoms with Crippen molar-refractivity contribution >= 4 is 17.5 Å². The van der Waals surface area contributed by atoms with Crippen molar-refractivity contribution in [3.63, 3.8) is 0 Å². The molecule has 1 fully saturated rings. The third kappa shape index (κ3) is 5.49. The zero-order chi connectivity index (χ0) is 30.4. The van der Waals surface area contributed by atoms with Gasteiger partial charge in [0, 0.05) is 54.3 Å². The van der Waals surface area contributed by atoms with Crippen molar-refractivity contribution in [2.24, 2.45) is 5.73 Å². The summed E-state index contributed by atoms with van der Waals surface area (Å²) in [6, 6.07) is 10.5. The van der Waals surface area contributed by atoms with Crippen molar-refractivity contribution < 1.29 is 27.6 Å². The second-order valence-corrected chi connectivity index (χ2v) is 11.5. The van der Waals surface area contributed by atoms with E-state index in [-0.39, 0.29) is 48.4 Å². The van der Waals surface area contributed by atoms with Gasteiger partial charge in [-0.15, -0.1) is 0 Å². The number of carbonyl (C=O) groups is 3. The van der Waals surface area contributed by atoms with Crippen LogP contribution in [0.2, 0.25) is 0 Å². The van der Waals surface area contributed by atoms with Crippen molar-refractivity contribution in [2.75, 3.05) is 0 Å². The van der Waals surface area contributed by atoms with Crippen molar-refractivity contribution in [1.29, 1.82) is 0 Å². The van der Waals surface area contributed by atoms with E-state index in [1.807, 2.05) is 0 Å². The number of aromatic nitrogens is 3. The fraction of sp³-hybridized carbons (Fsp3) is 0.303. The van der Waals surface area contributed by atoms with Gasteiger partial charge in [0.05, 0.1) is 17.8 Å². The summed E-state index contributed by atoms with van der Waals surface area (Å²) in [7, 11) is 0. The van der Waals surface area contributed by atoms with Crippen LogP contribution in [0.1, 0.15) is 93.7 Å². The number of fused-ring (bicyclic) bond motifs is 5. The number of primary amides is 1. The van der Waals surface area contributed by atoms with Gasteiger partial charge < -0.3 is 5.73 Å². The summed E-state index contributed by atoms with van der Waals surface area (Å²) < 4.78 is 44.3. The maximum Gasteiger partial charge on any atom is 0.251 e. The lowest BCUT2D eigenvalue weighted by atomic mass is 9.86. The number of amides is 1. The van der Waals surface area contributed by atoms with Crippen molar-refractivity contribution in [2.45, 2.75) is 63.3 Å². The fourth-order valence-electron chi connectivity index (χ4n) is 6.85. The molecule has 2 bridgehead atoms. The second kappa shape index (κ2) is 11.2. The molecule has 1 amide bonds. The van der Waals surface area contributed by atoms with Gasteiger partial charge in [0.15, 0.2) is 11.6 Å². The third-order valence-electron chi connectivity index (χ3n) is 8.56. The Kier molecular flexibility index (Phi) is 7.45. The molecule has 2 N–H and O–H groups in total. The number of pyridine rings is 1. The minimum absolute atomic E-state index is 0.0514. The van der Waals surface area contributed by atoms with E-state index in [9.17, 15) is 27.6 Å². The summed E-state index contributed by atoms with van der Waals surface area (Å²) >= 11 is 0. The highest BCUT2D eigenvalue weighted by Crippen LogP contribution is 2.54. The number of nitrogens with zero attached hydrogens (tertiary/aromatic N) is 3. The molecule has 4 aromatic rings. The van der Waals surface area contributed by atoms with Gasteiger partial charge >= 0.3 is 0 Å². The Balaban J connectivity index is 1.37. The molecule has 2 aromatic carbocycles. The van der Waals surface area contributed by atoms with E-state index in [2.05, 4.69) is 10.1 Å². The van der Waals surface area contributed by atoms with Crippen LogP contribution in [0.3, 0.4) is 0 Å².